The molecule has 8 heteroatoms. The van der Waals surface area contributed by atoms with Crippen LogP contribution in [0.15, 0.2) is 35.4 Å². The Morgan fingerprint density at radius 2 is 1.88 bits per heavy atom. The number of hydrogen-bond acceptors (Lipinski definition) is 6. The predicted octanol–water partition coefficient (Wildman–Crippen LogP) is 1.00. The van der Waals surface area contributed by atoms with E-state index >= 15 is 0 Å². The molecule has 2 aromatic heterocycles. The molecule has 1 aromatic carbocycles. The van der Waals surface area contributed by atoms with Crippen LogP contribution in [-0.2, 0) is 9.59 Å². The van der Waals surface area contributed by atoms with E-state index in [1.54, 1.807) is 0 Å². The molecule has 0 atom stereocenters. The highest BCUT2D eigenvalue weighted by Gasteiger charge is 2.25. The summed E-state index contributed by atoms with van der Waals surface area (Å²) >= 11 is 0. The zero-order chi connectivity index (χ0) is 17.4. The second kappa shape index (κ2) is 5.80. The zero-order valence-electron chi connectivity index (χ0n) is 13.4. The van der Waals surface area contributed by atoms with Gasteiger partial charge in [-0.3, -0.25) is 19.0 Å². The summed E-state index contributed by atoms with van der Waals surface area (Å²) in [5, 5.41) is 7.86. The fraction of sp³-hybridized carbons (Fsp3) is 0.250. The van der Waals surface area contributed by atoms with Crippen LogP contribution >= 0.6 is 0 Å². The molecule has 0 aliphatic rings. The summed E-state index contributed by atoms with van der Waals surface area (Å²) in [7, 11) is 0. The van der Waals surface area contributed by atoms with E-state index in [1.165, 1.54) is 24.9 Å². The van der Waals surface area contributed by atoms with Crippen molar-refractivity contribution in [2.24, 2.45) is 0 Å². The zero-order valence-corrected chi connectivity index (χ0v) is 13.4. The molecule has 0 radical (unpaired) electrons. The van der Waals surface area contributed by atoms with Crippen molar-refractivity contribution in [3.8, 4) is 5.69 Å². The van der Waals surface area contributed by atoms with Gasteiger partial charge in [-0.25, -0.2) is 4.98 Å². The van der Waals surface area contributed by atoms with Gasteiger partial charge in [0.1, 0.15) is 6.33 Å². The Morgan fingerprint density at radius 3 is 2.50 bits per heavy atom. The lowest BCUT2D eigenvalue weighted by Gasteiger charge is -2.12. The molecule has 3 aromatic rings. The van der Waals surface area contributed by atoms with Crippen LogP contribution in [0.1, 0.15) is 25.5 Å². The number of fused-ring (bicyclic) bond motifs is 1. The van der Waals surface area contributed by atoms with Crippen molar-refractivity contribution < 1.29 is 9.59 Å². The van der Waals surface area contributed by atoms with Crippen LogP contribution in [0.5, 0.6) is 0 Å². The molecule has 24 heavy (non-hydrogen) atoms. The van der Waals surface area contributed by atoms with E-state index in [2.05, 4.69) is 15.3 Å². The summed E-state index contributed by atoms with van der Waals surface area (Å²) in [6.45, 7) is 4.45. The Labute approximate surface area is 136 Å². The SMILES string of the molecule is CC(=O)C(C(C)=O)n1cnc2c(nnn2-c2cccc(C)c2)c1=O. The molecule has 2 heterocycles. The monoisotopic (exact) mass is 325 g/mol. The van der Waals surface area contributed by atoms with E-state index in [9.17, 15) is 14.4 Å². The van der Waals surface area contributed by atoms with E-state index in [-0.39, 0.29) is 11.2 Å². The number of hydrogen-bond donors (Lipinski definition) is 0. The molecule has 0 amide bonds. The van der Waals surface area contributed by atoms with E-state index in [1.807, 2.05) is 31.2 Å². The molecule has 0 saturated heterocycles. The number of ketones is 2. The lowest BCUT2D eigenvalue weighted by atomic mass is 10.1. The largest absolute Gasteiger partial charge is 0.297 e. The molecular weight excluding hydrogens is 310 g/mol. The highest BCUT2D eigenvalue weighted by Crippen LogP contribution is 2.14. The third-order valence-corrected chi connectivity index (χ3v) is 3.68. The van der Waals surface area contributed by atoms with E-state index in [0.29, 0.717) is 0 Å². The second-order valence-corrected chi connectivity index (χ2v) is 5.59. The van der Waals surface area contributed by atoms with Gasteiger partial charge in [0, 0.05) is 0 Å². The molecule has 0 spiro atoms. The number of carbonyl (C=O) groups excluding carboxylic acids is 2. The van der Waals surface area contributed by atoms with Crippen LogP contribution in [0.25, 0.3) is 16.9 Å². The van der Waals surface area contributed by atoms with Crippen LogP contribution in [0, 0.1) is 6.92 Å². The molecule has 122 valence electrons. The second-order valence-electron chi connectivity index (χ2n) is 5.59. The Balaban J connectivity index is 2.21. The van der Waals surface area contributed by atoms with Gasteiger partial charge in [-0.15, -0.1) is 5.10 Å². The van der Waals surface area contributed by atoms with Crippen LogP contribution < -0.4 is 5.56 Å². The highest BCUT2D eigenvalue weighted by atomic mass is 16.2. The maximum absolute atomic E-state index is 12.6. The minimum atomic E-state index is -1.20. The molecular formula is C16H15N5O3. The van der Waals surface area contributed by atoms with E-state index in [4.69, 9.17) is 0 Å². The number of benzene rings is 1. The lowest BCUT2D eigenvalue weighted by molar-refractivity contribution is -0.129. The maximum atomic E-state index is 12.6. The molecule has 0 bridgehead atoms. The number of carbonyl (C=O) groups is 2. The predicted molar refractivity (Wildman–Crippen MR) is 86.1 cm³/mol. The van der Waals surface area contributed by atoms with E-state index < -0.39 is 23.2 Å². The first kappa shape index (κ1) is 15.7. The quantitative estimate of drug-likeness (QED) is 0.664. The molecule has 0 fully saturated rings. The average Bonchev–Trinajstić information content (AvgIpc) is 2.94. The summed E-state index contributed by atoms with van der Waals surface area (Å²) in [5.41, 5.74) is 1.45. The lowest BCUT2D eigenvalue weighted by Crippen LogP contribution is -2.33. The Bertz CT molecular complexity index is 1000. The van der Waals surface area contributed by atoms with Gasteiger partial charge in [-0.1, -0.05) is 17.3 Å². The van der Waals surface area contributed by atoms with Gasteiger partial charge >= 0.3 is 0 Å². The third kappa shape index (κ3) is 2.51. The van der Waals surface area contributed by atoms with Crippen molar-refractivity contribution in [3.63, 3.8) is 0 Å². The van der Waals surface area contributed by atoms with Gasteiger partial charge in [0.2, 0.25) is 0 Å². The van der Waals surface area contributed by atoms with Gasteiger partial charge in [0.05, 0.1) is 5.69 Å². The van der Waals surface area contributed by atoms with Gasteiger partial charge < -0.3 is 0 Å². The summed E-state index contributed by atoms with van der Waals surface area (Å²) in [6, 6.07) is 6.31. The van der Waals surface area contributed by atoms with Crippen LogP contribution in [0.4, 0.5) is 0 Å². The van der Waals surface area contributed by atoms with Crippen molar-refractivity contribution in [2.45, 2.75) is 26.8 Å². The molecule has 0 unspecified atom stereocenters. The highest BCUT2D eigenvalue weighted by molar-refractivity contribution is 6.02. The average molecular weight is 325 g/mol. The van der Waals surface area contributed by atoms with Crippen LogP contribution in [-0.4, -0.2) is 36.1 Å². The fourth-order valence-electron chi connectivity index (χ4n) is 2.62. The topological polar surface area (TPSA) is 99.7 Å². The normalized spacial score (nSPS) is 11.2. The molecule has 0 N–H and O–H groups in total. The number of Topliss-reactive ketones (excluding diaryl/α,β-unsaturated/α-hetero) is 2. The van der Waals surface area contributed by atoms with Crippen molar-refractivity contribution in [1.82, 2.24) is 24.5 Å². The Hall–Kier alpha value is -3.16. The Kier molecular flexibility index (Phi) is 3.80. The number of aryl methyl sites for hydroxylation is 1. The minimum Gasteiger partial charge on any atom is -0.297 e. The van der Waals surface area contributed by atoms with Crippen molar-refractivity contribution >= 4 is 22.7 Å². The van der Waals surface area contributed by atoms with Crippen LogP contribution in [0.3, 0.4) is 0 Å². The minimum absolute atomic E-state index is 0.00602. The molecule has 0 saturated carbocycles. The van der Waals surface area contributed by atoms with Crippen LogP contribution in [0.2, 0.25) is 0 Å². The first-order valence-electron chi connectivity index (χ1n) is 7.30. The number of rotatable bonds is 4. The van der Waals surface area contributed by atoms with Gasteiger partial charge in [-0.2, -0.15) is 4.68 Å². The molecule has 0 aliphatic heterocycles. The summed E-state index contributed by atoms with van der Waals surface area (Å²) in [6.07, 6.45) is 1.19. The van der Waals surface area contributed by atoms with Gasteiger partial charge in [-0.05, 0) is 38.5 Å². The standard InChI is InChI=1S/C16H15N5O3/c1-9-5-4-6-12(7-9)21-15-13(18-19-21)16(24)20(8-17-15)14(10(2)22)11(3)23/h4-8,14H,1-3H3. The summed E-state index contributed by atoms with van der Waals surface area (Å²) in [4.78, 5) is 40.2. The fourth-order valence-corrected chi connectivity index (χ4v) is 2.62. The van der Waals surface area contributed by atoms with E-state index in [0.717, 1.165) is 15.8 Å². The number of nitrogens with zero attached hydrogens (tertiary/aromatic N) is 5. The number of aromatic nitrogens is 5. The smallest absolute Gasteiger partial charge is 0.284 e. The molecule has 3 rings (SSSR count). The third-order valence-electron chi connectivity index (χ3n) is 3.68. The van der Waals surface area contributed by atoms with Gasteiger partial charge in [0.25, 0.3) is 5.56 Å². The first-order valence-corrected chi connectivity index (χ1v) is 7.30. The maximum Gasteiger partial charge on any atom is 0.284 e. The van der Waals surface area contributed by atoms with Crippen molar-refractivity contribution in [2.75, 3.05) is 0 Å². The molecule has 0 aliphatic carbocycles. The van der Waals surface area contributed by atoms with Crippen molar-refractivity contribution in [3.05, 3.63) is 46.5 Å². The Morgan fingerprint density at radius 1 is 1.17 bits per heavy atom. The molecule has 8 nitrogen and oxygen atoms in total. The first-order chi connectivity index (χ1) is 11.4. The summed E-state index contributed by atoms with van der Waals surface area (Å²) in [5.74, 6) is -0.867. The van der Waals surface area contributed by atoms with Crippen molar-refractivity contribution in [1.29, 1.82) is 0 Å². The summed E-state index contributed by atoms with van der Waals surface area (Å²) < 4.78 is 2.45. The van der Waals surface area contributed by atoms with Gasteiger partial charge in [0.15, 0.2) is 28.8 Å².